The van der Waals surface area contributed by atoms with Crippen LogP contribution in [0.1, 0.15) is 13.8 Å². The Morgan fingerprint density at radius 1 is 1.83 bits per heavy atom. The van der Waals surface area contributed by atoms with Gasteiger partial charge in [0.05, 0.1) is 0 Å². The lowest BCUT2D eigenvalue weighted by molar-refractivity contribution is -1.02. The Balaban J connectivity index is 2.57. The van der Waals surface area contributed by atoms with Crippen molar-refractivity contribution in [3.63, 3.8) is 0 Å². The van der Waals surface area contributed by atoms with E-state index in [2.05, 4.69) is 4.84 Å². The summed E-state index contributed by atoms with van der Waals surface area (Å²) in [6.07, 6.45) is 3.78. The van der Waals surface area contributed by atoms with E-state index in [1.807, 2.05) is 26.0 Å². The topological polar surface area (TPSA) is 53.8 Å². The van der Waals surface area contributed by atoms with Crippen molar-refractivity contribution in [2.75, 3.05) is 6.54 Å². The number of carbonyl (C=O) groups excluding carboxylic acids is 1. The maximum Gasteiger partial charge on any atom is 0.376 e. The zero-order chi connectivity index (χ0) is 9.14. The molecule has 1 rings (SSSR count). The number of carbonyl (C=O) groups is 1. The van der Waals surface area contributed by atoms with Crippen LogP contribution < -0.4 is 5.23 Å². The van der Waals surface area contributed by atoms with Crippen LogP contribution in [0.2, 0.25) is 0 Å². The fourth-order valence-corrected chi connectivity index (χ4v) is 1.33. The third kappa shape index (κ3) is 1.84. The number of allylic oxidation sites excluding steroid dienone is 2. The quantitative estimate of drug-likeness (QED) is 0.457. The summed E-state index contributed by atoms with van der Waals surface area (Å²) in [5.74, 6) is -0.562. The van der Waals surface area contributed by atoms with Gasteiger partial charge in [0.1, 0.15) is 12.5 Å². The van der Waals surface area contributed by atoms with E-state index >= 15 is 0 Å². The minimum atomic E-state index is -0.402. The summed E-state index contributed by atoms with van der Waals surface area (Å²) in [6, 6.07) is 0. The van der Waals surface area contributed by atoms with Gasteiger partial charge >= 0.3 is 5.97 Å². The van der Waals surface area contributed by atoms with Gasteiger partial charge in [-0.05, 0) is 12.8 Å². The molecule has 1 heterocycles. The lowest BCUT2D eigenvalue weighted by Gasteiger charge is -2.10. The zero-order valence-electron chi connectivity index (χ0n) is 7.24. The van der Waals surface area contributed by atoms with Gasteiger partial charge in [0.25, 0.3) is 0 Å². The first-order chi connectivity index (χ1) is 5.65. The molecule has 68 valence electrons. The van der Waals surface area contributed by atoms with Gasteiger partial charge < -0.3 is 5.21 Å². The first-order valence-electron chi connectivity index (χ1n) is 4.02. The summed E-state index contributed by atoms with van der Waals surface area (Å²) in [6.45, 7) is 4.02. The molecule has 0 aromatic carbocycles. The summed E-state index contributed by atoms with van der Waals surface area (Å²) in [5, 5.41) is 10.3. The minimum Gasteiger partial charge on any atom is -0.591 e. The molecule has 0 bridgehead atoms. The molecule has 1 fully saturated rings. The van der Waals surface area contributed by atoms with Gasteiger partial charge in [-0.25, -0.2) is 4.79 Å². The van der Waals surface area contributed by atoms with Gasteiger partial charge in [-0.15, -0.1) is 0 Å². The number of hydroxylamine groups is 2. The van der Waals surface area contributed by atoms with E-state index in [0.29, 0.717) is 0 Å². The lowest BCUT2D eigenvalue weighted by atomic mass is 9.94. The van der Waals surface area contributed by atoms with Crippen LogP contribution in [0.4, 0.5) is 0 Å². The standard InChI is InChI=1S/C8H13NO3/c1-3-4-6(2)7-5-9(11)12-8(7)10/h3-4,6-7,9H,5H2,1-2H3/b4-3+. The van der Waals surface area contributed by atoms with Crippen molar-refractivity contribution < 1.29 is 14.9 Å². The number of rotatable bonds is 2. The first-order valence-corrected chi connectivity index (χ1v) is 4.02. The fourth-order valence-electron chi connectivity index (χ4n) is 1.33. The van der Waals surface area contributed by atoms with Crippen molar-refractivity contribution in [2.45, 2.75) is 13.8 Å². The molecular formula is C8H13NO3. The van der Waals surface area contributed by atoms with Crippen molar-refractivity contribution >= 4 is 5.97 Å². The van der Waals surface area contributed by atoms with Crippen LogP contribution >= 0.6 is 0 Å². The smallest absolute Gasteiger partial charge is 0.376 e. The molecule has 0 radical (unpaired) electrons. The number of hydrogen-bond donors (Lipinski definition) is 1. The number of hydrogen-bond acceptors (Lipinski definition) is 3. The zero-order valence-corrected chi connectivity index (χ0v) is 7.24. The van der Waals surface area contributed by atoms with Crippen LogP contribution in [-0.2, 0) is 9.63 Å². The molecular weight excluding hydrogens is 158 g/mol. The van der Waals surface area contributed by atoms with E-state index in [0.717, 1.165) is 0 Å². The second-order valence-electron chi connectivity index (χ2n) is 2.99. The molecule has 0 spiro atoms. The molecule has 3 atom stereocenters. The first kappa shape index (κ1) is 9.22. The van der Waals surface area contributed by atoms with Crippen LogP contribution in [0.15, 0.2) is 12.2 Å². The van der Waals surface area contributed by atoms with Crippen LogP contribution in [-0.4, -0.2) is 12.5 Å². The molecule has 1 saturated heterocycles. The molecule has 4 heteroatoms. The summed E-state index contributed by atoms with van der Waals surface area (Å²) in [5.41, 5.74) is 0. The fraction of sp³-hybridized carbons (Fsp3) is 0.625. The van der Waals surface area contributed by atoms with Crippen molar-refractivity contribution in [1.82, 2.24) is 0 Å². The van der Waals surface area contributed by atoms with Crippen molar-refractivity contribution in [1.29, 1.82) is 0 Å². The average Bonchev–Trinajstić information content (AvgIpc) is 2.30. The second-order valence-corrected chi connectivity index (χ2v) is 2.99. The summed E-state index contributed by atoms with van der Waals surface area (Å²) >= 11 is 0. The molecule has 0 aromatic heterocycles. The molecule has 1 aliphatic heterocycles. The normalized spacial score (nSPS) is 32.4. The van der Waals surface area contributed by atoms with Crippen LogP contribution in [0, 0.1) is 17.0 Å². The SMILES string of the molecule is C/C=C/C(C)C1C[NH+]([O-])OC1=O. The van der Waals surface area contributed by atoms with Crippen molar-refractivity contribution in [3.8, 4) is 0 Å². The summed E-state index contributed by atoms with van der Waals surface area (Å²) < 4.78 is 0. The molecule has 4 nitrogen and oxygen atoms in total. The van der Waals surface area contributed by atoms with Crippen LogP contribution in [0.3, 0.4) is 0 Å². The number of nitrogens with one attached hydrogen (secondary N) is 1. The number of quaternary nitrogens is 1. The van der Waals surface area contributed by atoms with Gasteiger partial charge in [-0.3, -0.25) is 4.84 Å². The van der Waals surface area contributed by atoms with Crippen molar-refractivity contribution in [2.24, 2.45) is 11.8 Å². The summed E-state index contributed by atoms with van der Waals surface area (Å²) in [7, 11) is 0. The molecule has 12 heavy (non-hydrogen) atoms. The molecule has 3 unspecified atom stereocenters. The Labute approximate surface area is 71.3 Å². The van der Waals surface area contributed by atoms with E-state index in [9.17, 15) is 10.0 Å². The third-order valence-corrected chi connectivity index (χ3v) is 2.03. The second kappa shape index (κ2) is 3.69. The van der Waals surface area contributed by atoms with Crippen LogP contribution in [0.25, 0.3) is 0 Å². The maximum atomic E-state index is 11.0. The Morgan fingerprint density at radius 3 is 2.92 bits per heavy atom. The predicted octanol–water partition coefficient (Wildman–Crippen LogP) is -0.331. The van der Waals surface area contributed by atoms with E-state index in [-0.39, 0.29) is 24.3 Å². The monoisotopic (exact) mass is 171 g/mol. The Bertz CT molecular complexity index is 202. The van der Waals surface area contributed by atoms with Gasteiger partial charge in [-0.1, -0.05) is 19.1 Å². The highest BCUT2D eigenvalue weighted by Gasteiger charge is 2.36. The highest BCUT2D eigenvalue weighted by Crippen LogP contribution is 2.15. The van der Waals surface area contributed by atoms with Gasteiger partial charge in [-0.2, -0.15) is 5.23 Å². The highest BCUT2D eigenvalue weighted by molar-refractivity contribution is 5.73. The lowest BCUT2D eigenvalue weighted by Crippen LogP contribution is -3.04. The van der Waals surface area contributed by atoms with E-state index in [1.165, 1.54) is 0 Å². The minimum absolute atomic E-state index is 0.0916. The largest absolute Gasteiger partial charge is 0.591 e. The van der Waals surface area contributed by atoms with Gasteiger partial charge in [0.2, 0.25) is 0 Å². The molecule has 0 aliphatic carbocycles. The summed E-state index contributed by atoms with van der Waals surface area (Å²) in [4.78, 5) is 15.5. The molecule has 1 N–H and O–H groups in total. The van der Waals surface area contributed by atoms with E-state index < -0.39 is 5.23 Å². The average molecular weight is 171 g/mol. The molecule has 1 aliphatic rings. The Hall–Kier alpha value is -0.870. The van der Waals surface area contributed by atoms with E-state index in [1.54, 1.807) is 0 Å². The molecule has 0 amide bonds. The highest BCUT2D eigenvalue weighted by atomic mass is 16.9. The molecule has 0 saturated carbocycles. The van der Waals surface area contributed by atoms with Crippen molar-refractivity contribution in [3.05, 3.63) is 17.4 Å². The van der Waals surface area contributed by atoms with Crippen LogP contribution in [0.5, 0.6) is 0 Å². The maximum absolute atomic E-state index is 11.0. The molecule has 0 aromatic rings. The Kier molecular flexibility index (Phi) is 2.83. The predicted molar refractivity (Wildman–Crippen MR) is 42.8 cm³/mol. The Morgan fingerprint density at radius 2 is 2.50 bits per heavy atom. The van der Waals surface area contributed by atoms with E-state index in [4.69, 9.17) is 0 Å². The third-order valence-electron chi connectivity index (χ3n) is 2.03. The van der Waals surface area contributed by atoms with Gasteiger partial charge in [0.15, 0.2) is 0 Å². The van der Waals surface area contributed by atoms with Gasteiger partial charge in [0, 0.05) is 0 Å².